The largest absolute Gasteiger partial charge is 0.469 e. The van der Waals surface area contributed by atoms with Crippen molar-refractivity contribution in [3.8, 4) is 0 Å². The van der Waals surface area contributed by atoms with Crippen molar-refractivity contribution in [2.45, 2.75) is 77.6 Å². The van der Waals surface area contributed by atoms with Crippen molar-refractivity contribution < 1.29 is 9.53 Å². The quantitative estimate of drug-likeness (QED) is 0.138. The van der Waals surface area contributed by atoms with Gasteiger partial charge >= 0.3 is 5.97 Å². The number of thioether (sulfide) groups is 1. The van der Waals surface area contributed by atoms with Crippen molar-refractivity contribution in [3.05, 3.63) is 30.0 Å². The Morgan fingerprint density at radius 2 is 1.62 bits per heavy atom. The van der Waals surface area contributed by atoms with Gasteiger partial charge in [0.2, 0.25) is 0 Å². The summed E-state index contributed by atoms with van der Waals surface area (Å²) in [6.45, 7) is 2.27. The monoisotopic (exact) mass is 352 g/mol. The molecular weight excluding hydrogens is 316 g/mol. The van der Waals surface area contributed by atoms with Crippen LogP contribution in [0.25, 0.3) is 0 Å². The van der Waals surface area contributed by atoms with Crippen molar-refractivity contribution in [2.24, 2.45) is 0 Å². The molecule has 0 amide bonds. The summed E-state index contributed by atoms with van der Waals surface area (Å²) in [6, 6.07) is 0. The third-order valence-corrected chi connectivity index (χ3v) is 4.59. The van der Waals surface area contributed by atoms with Crippen molar-refractivity contribution in [1.82, 2.24) is 0 Å². The lowest BCUT2D eigenvalue weighted by Crippen LogP contribution is -1.97. The van der Waals surface area contributed by atoms with E-state index < -0.39 is 0 Å². The number of carbonyl (C=O) groups excluding carboxylic acids is 1. The number of unbranched alkanes of at least 4 members (excludes halogenated alkanes) is 8. The smallest absolute Gasteiger partial charge is 0.305 e. The molecule has 24 heavy (non-hydrogen) atoms. The summed E-state index contributed by atoms with van der Waals surface area (Å²) in [6.07, 6.45) is 22.0. The summed E-state index contributed by atoms with van der Waals surface area (Å²) in [7, 11) is 1.42. The van der Waals surface area contributed by atoms with E-state index in [0.29, 0.717) is 12.8 Å². The molecule has 0 rings (SSSR count). The highest BCUT2D eigenvalue weighted by Gasteiger charge is 1.94. The van der Waals surface area contributed by atoms with Crippen LogP contribution in [0.3, 0.4) is 0 Å². The Kier molecular flexibility index (Phi) is 19.4. The summed E-state index contributed by atoms with van der Waals surface area (Å²) >= 11 is 1.89. The summed E-state index contributed by atoms with van der Waals surface area (Å²) in [5, 5.41) is 0. The lowest BCUT2D eigenvalue weighted by atomic mass is 10.1. The second kappa shape index (κ2) is 20.1. The number of methoxy groups -OCH3 is 1. The third-order valence-electron chi connectivity index (χ3n) is 3.76. The number of carbonyl (C=O) groups is 1. The second-order valence-corrected chi connectivity index (χ2v) is 7.04. The lowest BCUT2D eigenvalue weighted by molar-refractivity contribution is -0.140. The van der Waals surface area contributed by atoms with Gasteiger partial charge in [-0.3, -0.25) is 4.79 Å². The van der Waals surface area contributed by atoms with Crippen LogP contribution in [-0.2, 0) is 9.53 Å². The van der Waals surface area contributed by atoms with Crippen LogP contribution in [0.5, 0.6) is 0 Å². The highest BCUT2D eigenvalue weighted by molar-refractivity contribution is 7.99. The topological polar surface area (TPSA) is 26.3 Å². The van der Waals surface area contributed by atoms with E-state index >= 15 is 0 Å². The van der Waals surface area contributed by atoms with Crippen LogP contribution in [0.15, 0.2) is 30.0 Å². The Labute approximate surface area is 153 Å². The zero-order chi connectivity index (χ0) is 17.7. The maximum atomic E-state index is 10.9. The minimum Gasteiger partial charge on any atom is -0.469 e. The first kappa shape index (κ1) is 23.1. The van der Waals surface area contributed by atoms with Crippen LogP contribution >= 0.6 is 11.8 Å². The SMILES string of the molecule is CCCCCCCCCC/C=C\CSCC=C=CCCC(=O)OC. The van der Waals surface area contributed by atoms with E-state index in [1.807, 2.05) is 23.9 Å². The van der Waals surface area contributed by atoms with Crippen LogP contribution in [0.1, 0.15) is 77.6 Å². The maximum Gasteiger partial charge on any atom is 0.305 e. The Morgan fingerprint density at radius 3 is 2.33 bits per heavy atom. The molecule has 0 N–H and O–H groups in total. The third kappa shape index (κ3) is 19.1. The number of ether oxygens (including phenoxy) is 1. The van der Waals surface area contributed by atoms with Gasteiger partial charge < -0.3 is 4.74 Å². The van der Waals surface area contributed by atoms with Crippen molar-refractivity contribution in [1.29, 1.82) is 0 Å². The van der Waals surface area contributed by atoms with Gasteiger partial charge in [0.05, 0.1) is 7.11 Å². The van der Waals surface area contributed by atoms with E-state index in [2.05, 4.69) is 29.5 Å². The number of esters is 1. The number of hydrogen-bond donors (Lipinski definition) is 0. The van der Waals surface area contributed by atoms with E-state index in [1.165, 1.54) is 64.9 Å². The van der Waals surface area contributed by atoms with Gasteiger partial charge in [0.25, 0.3) is 0 Å². The lowest BCUT2D eigenvalue weighted by Gasteiger charge is -1.99. The molecule has 0 aliphatic carbocycles. The fourth-order valence-corrected chi connectivity index (χ4v) is 2.91. The first-order valence-corrected chi connectivity index (χ1v) is 10.7. The predicted molar refractivity (Wildman–Crippen MR) is 108 cm³/mol. The molecule has 0 bridgehead atoms. The summed E-state index contributed by atoms with van der Waals surface area (Å²) in [4.78, 5) is 10.9. The van der Waals surface area contributed by atoms with E-state index in [0.717, 1.165) is 11.5 Å². The molecule has 0 aromatic rings. The highest BCUT2D eigenvalue weighted by Crippen LogP contribution is 2.10. The van der Waals surface area contributed by atoms with Crippen LogP contribution in [0.2, 0.25) is 0 Å². The molecule has 0 radical (unpaired) electrons. The Bertz CT molecular complexity index is 368. The van der Waals surface area contributed by atoms with Gasteiger partial charge in [0.15, 0.2) is 0 Å². The summed E-state index contributed by atoms with van der Waals surface area (Å²) in [5.74, 6) is 1.87. The summed E-state index contributed by atoms with van der Waals surface area (Å²) < 4.78 is 4.57. The molecule has 3 heteroatoms. The standard InChI is InChI=1S/C21H36O2S/c1-3-4-5-6-7-8-9-10-11-13-16-19-24-20-17-14-12-15-18-21(22)23-2/h12-13,16-17H,3-11,15,18-20H2,1-2H3/b16-13-. The van der Waals surface area contributed by atoms with Gasteiger partial charge in [-0.15, -0.1) is 5.73 Å². The highest BCUT2D eigenvalue weighted by atomic mass is 32.2. The minimum absolute atomic E-state index is 0.163. The van der Waals surface area contributed by atoms with Crippen LogP contribution in [0, 0.1) is 0 Å². The molecule has 0 aromatic carbocycles. The molecule has 0 saturated carbocycles. The molecule has 0 fully saturated rings. The van der Waals surface area contributed by atoms with Gasteiger partial charge in [0.1, 0.15) is 0 Å². The van der Waals surface area contributed by atoms with Crippen molar-refractivity contribution in [3.63, 3.8) is 0 Å². The maximum absolute atomic E-state index is 10.9. The predicted octanol–water partition coefficient (Wildman–Crippen LogP) is 6.47. The molecule has 0 heterocycles. The zero-order valence-electron chi connectivity index (χ0n) is 15.7. The molecule has 0 aliphatic heterocycles. The van der Waals surface area contributed by atoms with Gasteiger partial charge in [-0.25, -0.2) is 0 Å². The van der Waals surface area contributed by atoms with E-state index in [-0.39, 0.29) is 5.97 Å². The zero-order valence-corrected chi connectivity index (χ0v) is 16.5. The van der Waals surface area contributed by atoms with E-state index in [1.54, 1.807) is 0 Å². The van der Waals surface area contributed by atoms with E-state index in [4.69, 9.17) is 0 Å². The van der Waals surface area contributed by atoms with Gasteiger partial charge in [-0.05, 0) is 31.4 Å². The second-order valence-electron chi connectivity index (χ2n) is 5.96. The van der Waals surface area contributed by atoms with Gasteiger partial charge in [0, 0.05) is 17.9 Å². The van der Waals surface area contributed by atoms with Gasteiger partial charge in [-0.2, -0.15) is 11.8 Å². The average Bonchev–Trinajstić information content (AvgIpc) is 2.60. The van der Waals surface area contributed by atoms with Crippen molar-refractivity contribution in [2.75, 3.05) is 18.6 Å². The molecule has 0 spiro atoms. The van der Waals surface area contributed by atoms with Crippen LogP contribution < -0.4 is 0 Å². The first-order valence-electron chi connectivity index (χ1n) is 9.50. The molecule has 0 aliphatic rings. The molecule has 2 nitrogen and oxygen atoms in total. The Balaban J connectivity index is 3.29. The number of hydrogen-bond acceptors (Lipinski definition) is 3. The van der Waals surface area contributed by atoms with E-state index in [9.17, 15) is 4.79 Å². The van der Waals surface area contributed by atoms with Crippen LogP contribution in [-0.4, -0.2) is 24.6 Å². The molecule has 0 saturated heterocycles. The Morgan fingerprint density at radius 1 is 0.917 bits per heavy atom. The normalized spacial score (nSPS) is 10.6. The Hall–Kier alpha value is -0.920. The molecule has 138 valence electrons. The molecule has 0 aromatic heterocycles. The summed E-state index contributed by atoms with van der Waals surface area (Å²) in [5.41, 5.74) is 3.11. The number of allylic oxidation sites excluding steroid dienone is 1. The molecule has 0 unspecified atom stereocenters. The van der Waals surface area contributed by atoms with Crippen LogP contribution in [0.4, 0.5) is 0 Å². The van der Waals surface area contributed by atoms with Gasteiger partial charge in [-0.1, -0.05) is 64.0 Å². The molecular formula is C21H36O2S. The average molecular weight is 353 g/mol. The fraction of sp³-hybridized carbons (Fsp3) is 0.714. The van der Waals surface area contributed by atoms with Crippen molar-refractivity contribution >= 4 is 17.7 Å². The number of rotatable bonds is 16. The fourth-order valence-electron chi connectivity index (χ4n) is 2.28. The minimum atomic E-state index is -0.163. The molecule has 0 atom stereocenters. The first-order chi connectivity index (χ1) is 11.8.